The molecule has 2 aromatic heterocycles. The number of rotatable bonds is 4. The number of nitrogens with zero attached hydrogens (tertiary/aromatic N) is 3. The van der Waals surface area contributed by atoms with Gasteiger partial charge in [-0.1, -0.05) is 12.1 Å². The third-order valence-corrected chi connectivity index (χ3v) is 3.17. The Bertz CT molecular complexity index is 760. The Morgan fingerprint density at radius 1 is 0.826 bits per heavy atom. The third kappa shape index (κ3) is 4.34. The fourth-order valence-electron chi connectivity index (χ4n) is 2.08. The van der Waals surface area contributed by atoms with Crippen LogP contribution in [0.15, 0.2) is 67.4 Å². The summed E-state index contributed by atoms with van der Waals surface area (Å²) in [6.07, 6.45) is 8.93. The monoisotopic (exact) mass is 305 g/mol. The van der Waals surface area contributed by atoms with Gasteiger partial charge in [-0.25, -0.2) is 9.78 Å². The standard InChI is InChI=1S/C17H15N5O/c23-17(22-16-12-19-9-10-20-16)21-15-3-1-13(2-4-15)11-14-5-7-18-8-6-14/h1-10,12H,11H2,(H2,20,21,22,23). The van der Waals surface area contributed by atoms with Crippen molar-refractivity contribution in [2.75, 3.05) is 10.6 Å². The second-order valence-electron chi connectivity index (χ2n) is 4.90. The van der Waals surface area contributed by atoms with Gasteiger partial charge in [0.1, 0.15) is 0 Å². The van der Waals surface area contributed by atoms with Crippen molar-refractivity contribution in [2.45, 2.75) is 6.42 Å². The number of aromatic nitrogens is 3. The van der Waals surface area contributed by atoms with Crippen LogP contribution in [-0.4, -0.2) is 21.0 Å². The van der Waals surface area contributed by atoms with E-state index in [2.05, 4.69) is 25.6 Å². The molecule has 0 saturated heterocycles. The van der Waals surface area contributed by atoms with Gasteiger partial charge in [-0.2, -0.15) is 0 Å². The lowest BCUT2D eigenvalue weighted by Crippen LogP contribution is -2.20. The number of nitrogens with one attached hydrogen (secondary N) is 2. The topological polar surface area (TPSA) is 79.8 Å². The highest BCUT2D eigenvalue weighted by atomic mass is 16.2. The first-order valence-electron chi connectivity index (χ1n) is 7.11. The molecule has 0 aliphatic rings. The van der Waals surface area contributed by atoms with Gasteiger partial charge in [-0.3, -0.25) is 15.3 Å². The molecular weight excluding hydrogens is 290 g/mol. The van der Waals surface area contributed by atoms with Crippen LogP contribution in [0.4, 0.5) is 16.3 Å². The zero-order chi connectivity index (χ0) is 15.9. The number of anilines is 2. The molecule has 0 radical (unpaired) electrons. The molecule has 0 unspecified atom stereocenters. The second-order valence-corrected chi connectivity index (χ2v) is 4.90. The number of carbonyl (C=O) groups excluding carboxylic acids is 1. The molecule has 2 heterocycles. The maximum atomic E-state index is 11.9. The first-order valence-corrected chi connectivity index (χ1v) is 7.11. The smallest absolute Gasteiger partial charge is 0.308 e. The van der Waals surface area contributed by atoms with E-state index in [1.54, 1.807) is 18.6 Å². The highest BCUT2D eigenvalue weighted by Crippen LogP contribution is 2.13. The molecule has 1 aromatic carbocycles. The molecule has 0 saturated carbocycles. The van der Waals surface area contributed by atoms with Crippen molar-refractivity contribution in [3.63, 3.8) is 0 Å². The van der Waals surface area contributed by atoms with Crippen LogP contribution >= 0.6 is 0 Å². The highest BCUT2D eigenvalue weighted by Gasteiger charge is 2.03. The van der Waals surface area contributed by atoms with Gasteiger partial charge >= 0.3 is 6.03 Å². The van der Waals surface area contributed by atoms with Gasteiger partial charge in [0.25, 0.3) is 0 Å². The van der Waals surface area contributed by atoms with Crippen LogP contribution in [0, 0.1) is 0 Å². The summed E-state index contributed by atoms with van der Waals surface area (Å²) in [6, 6.07) is 11.3. The van der Waals surface area contributed by atoms with Crippen LogP contribution < -0.4 is 10.6 Å². The fraction of sp³-hybridized carbons (Fsp3) is 0.0588. The second kappa shape index (κ2) is 7.13. The van der Waals surface area contributed by atoms with E-state index in [0.29, 0.717) is 11.5 Å². The van der Waals surface area contributed by atoms with Crippen LogP contribution in [0.3, 0.4) is 0 Å². The SMILES string of the molecule is O=C(Nc1ccc(Cc2ccncc2)cc1)Nc1cnccn1. The number of urea groups is 1. The first-order chi connectivity index (χ1) is 11.3. The molecule has 3 rings (SSSR count). The zero-order valence-electron chi connectivity index (χ0n) is 12.3. The maximum Gasteiger partial charge on any atom is 0.324 e. The molecule has 6 nitrogen and oxygen atoms in total. The molecule has 0 aliphatic carbocycles. The molecular formula is C17H15N5O. The molecule has 2 N–H and O–H groups in total. The van der Waals surface area contributed by atoms with Crippen molar-refractivity contribution in [1.82, 2.24) is 15.0 Å². The van der Waals surface area contributed by atoms with Crippen LogP contribution in [0.2, 0.25) is 0 Å². The number of hydrogen-bond acceptors (Lipinski definition) is 4. The average molecular weight is 305 g/mol. The number of hydrogen-bond donors (Lipinski definition) is 2. The van der Waals surface area contributed by atoms with E-state index in [4.69, 9.17) is 0 Å². The molecule has 0 atom stereocenters. The van der Waals surface area contributed by atoms with Crippen LogP contribution in [-0.2, 0) is 6.42 Å². The number of benzene rings is 1. The Labute approximate surface area is 133 Å². The Balaban J connectivity index is 1.58. The average Bonchev–Trinajstić information content (AvgIpc) is 2.58. The molecule has 6 heteroatoms. The lowest BCUT2D eigenvalue weighted by molar-refractivity contribution is 0.262. The van der Waals surface area contributed by atoms with E-state index in [-0.39, 0.29) is 6.03 Å². The van der Waals surface area contributed by atoms with Gasteiger partial charge in [0.05, 0.1) is 6.20 Å². The number of amides is 2. The minimum atomic E-state index is -0.354. The minimum Gasteiger partial charge on any atom is -0.308 e. The lowest BCUT2D eigenvalue weighted by atomic mass is 10.1. The molecule has 23 heavy (non-hydrogen) atoms. The van der Waals surface area contributed by atoms with Crippen LogP contribution in [0.25, 0.3) is 0 Å². The van der Waals surface area contributed by atoms with Gasteiger partial charge in [-0.05, 0) is 41.8 Å². The summed E-state index contributed by atoms with van der Waals surface area (Å²) in [7, 11) is 0. The summed E-state index contributed by atoms with van der Waals surface area (Å²) in [5, 5.41) is 5.37. The van der Waals surface area contributed by atoms with E-state index < -0.39 is 0 Å². The maximum absolute atomic E-state index is 11.9. The molecule has 3 aromatic rings. The van der Waals surface area contributed by atoms with Crippen molar-refractivity contribution in [3.05, 3.63) is 78.5 Å². The highest BCUT2D eigenvalue weighted by molar-refractivity contribution is 5.99. The summed E-state index contributed by atoms with van der Waals surface area (Å²) in [5.41, 5.74) is 3.07. The largest absolute Gasteiger partial charge is 0.324 e. The minimum absolute atomic E-state index is 0.354. The van der Waals surface area contributed by atoms with Crippen LogP contribution in [0.5, 0.6) is 0 Å². The Hall–Kier alpha value is -3.28. The van der Waals surface area contributed by atoms with Gasteiger partial charge in [0.15, 0.2) is 5.82 Å². The Morgan fingerprint density at radius 2 is 1.57 bits per heavy atom. The first kappa shape index (κ1) is 14.6. The summed E-state index contributed by atoms with van der Waals surface area (Å²) in [4.78, 5) is 23.7. The summed E-state index contributed by atoms with van der Waals surface area (Å²) < 4.78 is 0. The zero-order valence-corrected chi connectivity index (χ0v) is 12.3. The normalized spacial score (nSPS) is 10.1. The van der Waals surface area contributed by atoms with Gasteiger partial charge < -0.3 is 5.32 Å². The van der Waals surface area contributed by atoms with E-state index in [9.17, 15) is 4.79 Å². The van der Waals surface area contributed by atoms with E-state index >= 15 is 0 Å². The number of carbonyl (C=O) groups is 1. The summed E-state index contributed by atoms with van der Waals surface area (Å²) in [6.45, 7) is 0. The van der Waals surface area contributed by atoms with Crippen molar-refractivity contribution in [2.24, 2.45) is 0 Å². The predicted octanol–water partition coefficient (Wildman–Crippen LogP) is 3.11. The van der Waals surface area contributed by atoms with Gasteiger partial charge in [-0.15, -0.1) is 0 Å². The fourth-order valence-corrected chi connectivity index (χ4v) is 2.08. The van der Waals surface area contributed by atoms with Crippen molar-refractivity contribution in [3.8, 4) is 0 Å². The van der Waals surface area contributed by atoms with Crippen molar-refractivity contribution < 1.29 is 4.79 Å². The predicted molar refractivity (Wildman–Crippen MR) is 88.2 cm³/mol. The van der Waals surface area contributed by atoms with E-state index in [0.717, 1.165) is 12.0 Å². The van der Waals surface area contributed by atoms with E-state index in [1.807, 2.05) is 36.4 Å². The Morgan fingerprint density at radius 3 is 2.26 bits per heavy atom. The van der Waals surface area contributed by atoms with Crippen molar-refractivity contribution in [1.29, 1.82) is 0 Å². The molecule has 0 fully saturated rings. The van der Waals surface area contributed by atoms with Gasteiger partial charge in [0, 0.05) is 30.5 Å². The van der Waals surface area contributed by atoms with Gasteiger partial charge in [0.2, 0.25) is 0 Å². The quantitative estimate of drug-likeness (QED) is 0.776. The van der Waals surface area contributed by atoms with Crippen molar-refractivity contribution >= 4 is 17.5 Å². The van der Waals surface area contributed by atoms with Crippen LogP contribution in [0.1, 0.15) is 11.1 Å². The Kier molecular flexibility index (Phi) is 4.54. The molecule has 0 aliphatic heterocycles. The summed E-state index contributed by atoms with van der Waals surface area (Å²) in [5.74, 6) is 0.402. The molecule has 0 spiro atoms. The molecule has 114 valence electrons. The lowest BCUT2D eigenvalue weighted by Gasteiger charge is -2.07. The van der Waals surface area contributed by atoms with E-state index in [1.165, 1.54) is 18.0 Å². The number of pyridine rings is 1. The molecule has 0 bridgehead atoms. The molecule has 2 amide bonds. The third-order valence-electron chi connectivity index (χ3n) is 3.17. The summed E-state index contributed by atoms with van der Waals surface area (Å²) >= 11 is 0.